The second-order valence-corrected chi connectivity index (χ2v) is 6.64. The highest BCUT2D eigenvalue weighted by Crippen LogP contribution is 2.30. The molecule has 3 rings (SSSR count). The number of nitrogens with one attached hydrogen (secondary N) is 2. The summed E-state index contributed by atoms with van der Waals surface area (Å²) in [5.74, 6) is -2.23. The van der Waals surface area contributed by atoms with Gasteiger partial charge in [-0.15, -0.1) is 0 Å². The normalized spacial score (nSPS) is 19.5. The van der Waals surface area contributed by atoms with Gasteiger partial charge in [-0.05, 0) is 17.7 Å². The Labute approximate surface area is 159 Å². The van der Waals surface area contributed by atoms with Crippen molar-refractivity contribution < 1.29 is 14.7 Å². The maximum atomic E-state index is 12.4. The van der Waals surface area contributed by atoms with E-state index in [1.165, 1.54) is 18.3 Å². The van der Waals surface area contributed by atoms with Crippen LogP contribution in [0.3, 0.4) is 0 Å². The molecular formula is C18H15Cl2N3O3. The number of phenolic OH excluding ortho intramolecular Hbond substituents is 1. The molecule has 3 N–H and O–H groups in total. The van der Waals surface area contributed by atoms with Crippen molar-refractivity contribution in [3.05, 3.63) is 63.6 Å². The molecule has 0 spiro atoms. The first-order valence-electron chi connectivity index (χ1n) is 7.81. The summed E-state index contributed by atoms with van der Waals surface area (Å²) in [5, 5.41) is 16.8. The number of benzene rings is 2. The first-order chi connectivity index (χ1) is 12.5. The minimum absolute atomic E-state index is 0.0737. The van der Waals surface area contributed by atoms with Crippen LogP contribution in [0.4, 0.5) is 0 Å². The number of halogens is 2. The highest BCUT2D eigenvalue weighted by molar-refractivity contribution is 6.36. The van der Waals surface area contributed by atoms with Crippen LogP contribution in [0, 0.1) is 5.92 Å². The zero-order valence-electron chi connectivity index (χ0n) is 13.4. The molecule has 2 amide bonds. The van der Waals surface area contributed by atoms with Gasteiger partial charge in [0.25, 0.3) is 5.91 Å². The summed E-state index contributed by atoms with van der Waals surface area (Å²) >= 11 is 11.7. The Morgan fingerprint density at radius 3 is 2.73 bits per heavy atom. The minimum atomic E-state index is -0.883. The number of hydrogen-bond acceptors (Lipinski definition) is 4. The van der Waals surface area contributed by atoms with Crippen LogP contribution in [0.2, 0.25) is 10.0 Å². The Morgan fingerprint density at radius 2 is 2.00 bits per heavy atom. The van der Waals surface area contributed by atoms with E-state index in [1.807, 2.05) is 30.3 Å². The molecule has 0 saturated carbocycles. The molecule has 26 heavy (non-hydrogen) atoms. The molecule has 2 aromatic carbocycles. The molecule has 0 bridgehead atoms. The largest absolute Gasteiger partial charge is 0.506 e. The third-order valence-electron chi connectivity index (χ3n) is 4.13. The lowest BCUT2D eigenvalue weighted by Crippen LogP contribution is -2.34. The molecule has 0 unspecified atom stereocenters. The Morgan fingerprint density at radius 1 is 1.27 bits per heavy atom. The monoisotopic (exact) mass is 391 g/mol. The summed E-state index contributed by atoms with van der Waals surface area (Å²) in [5.41, 5.74) is 3.49. The maximum Gasteiger partial charge on any atom is 0.253 e. The molecule has 0 aromatic heterocycles. The fraction of sp³-hybridized carbons (Fsp3) is 0.167. The summed E-state index contributed by atoms with van der Waals surface area (Å²) in [7, 11) is 0. The topological polar surface area (TPSA) is 90.8 Å². The van der Waals surface area contributed by atoms with Crippen LogP contribution in [0.5, 0.6) is 5.75 Å². The Hall–Kier alpha value is -2.57. The van der Waals surface area contributed by atoms with E-state index in [-0.39, 0.29) is 28.2 Å². The van der Waals surface area contributed by atoms with E-state index in [0.717, 1.165) is 5.56 Å². The van der Waals surface area contributed by atoms with Gasteiger partial charge in [0.1, 0.15) is 11.7 Å². The molecule has 1 saturated heterocycles. The Balaban J connectivity index is 1.74. The molecule has 2 atom stereocenters. The molecule has 8 heteroatoms. The molecule has 6 nitrogen and oxygen atoms in total. The molecule has 1 fully saturated rings. The van der Waals surface area contributed by atoms with Gasteiger partial charge in [0.2, 0.25) is 5.91 Å². The zero-order valence-corrected chi connectivity index (χ0v) is 15.0. The number of hydrogen-bond donors (Lipinski definition) is 3. The summed E-state index contributed by atoms with van der Waals surface area (Å²) in [4.78, 5) is 24.5. The lowest BCUT2D eigenvalue weighted by molar-refractivity contribution is -0.133. The third-order valence-corrected chi connectivity index (χ3v) is 4.63. The van der Waals surface area contributed by atoms with Crippen LogP contribution in [-0.2, 0) is 9.59 Å². The second kappa shape index (κ2) is 7.76. The van der Waals surface area contributed by atoms with Crippen LogP contribution >= 0.6 is 23.2 Å². The molecule has 0 aliphatic carbocycles. The van der Waals surface area contributed by atoms with Crippen LogP contribution in [0.25, 0.3) is 0 Å². The van der Waals surface area contributed by atoms with Gasteiger partial charge in [-0.1, -0.05) is 53.5 Å². The van der Waals surface area contributed by atoms with E-state index in [4.69, 9.17) is 23.2 Å². The van der Waals surface area contributed by atoms with Gasteiger partial charge in [0.15, 0.2) is 0 Å². The Bertz CT molecular complexity index is 871. The predicted molar refractivity (Wildman–Crippen MR) is 99.5 cm³/mol. The SMILES string of the molecule is O=C1NC[C@@H](c2ccccc2)[C@H]1C(=O)NN=Cc1cc(Cl)cc(Cl)c1O. The second-order valence-electron chi connectivity index (χ2n) is 5.80. The van der Waals surface area contributed by atoms with Gasteiger partial charge in [0, 0.05) is 23.0 Å². The van der Waals surface area contributed by atoms with Crippen molar-refractivity contribution in [1.29, 1.82) is 0 Å². The number of carbonyl (C=O) groups excluding carboxylic acids is 2. The van der Waals surface area contributed by atoms with Crippen LogP contribution in [-0.4, -0.2) is 29.7 Å². The van der Waals surface area contributed by atoms with Gasteiger partial charge in [-0.25, -0.2) is 5.43 Å². The van der Waals surface area contributed by atoms with Crippen molar-refractivity contribution in [2.75, 3.05) is 6.54 Å². The summed E-state index contributed by atoms with van der Waals surface area (Å²) in [6, 6.07) is 12.2. The van der Waals surface area contributed by atoms with Gasteiger partial charge in [-0.3, -0.25) is 9.59 Å². The number of aromatic hydroxyl groups is 1. The third kappa shape index (κ3) is 3.81. The first kappa shape index (κ1) is 18.2. The molecule has 1 heterocycles. The number of hydrazone groups is 1. The molecule has 2 aromatic rings. The van der Waals surface area contributed by atoms with Crippen molar-refractivity contribution >= 4 is 41.2 Å². The van der Waals surface area contributed by atoms with Crippen molar-refractivity contribution in [1.82, 2.24) is 10.7 Å². The quantitative estimate of drug-likeness (QED) is 0.425. The van der Waals surface area contributed by atoms with Gasteiger partial charge >= 0.3 is 0 Å². The fourth-order valence-electron chi connectivity index (χ4n) is 2.85. The lowest BCUT2D eigenvalue weighted by Gasteiger charge is -2.15. The van der Waals surface area contributed by atoms with Crippen molar-refractivity contribution in [2.45, 2.75) is 5.92 Å². The standard InChI is InChI=1S/C18H15Cl2N3O3/c19-12-6-11(16(24)14(20)7-12)8-22-23-18(26)15-13(9-21-17(15)25)10-4-2-1-3-5-10/h1-8,13,15,24H,9H2,(H,21,25)(H,23,26)/t13-,15+/m0/s1. The average Bonchev–Trinajstić information content (AvgIpc) is 3.01. The van der Waals surface area contributed by atoms with Crippen LogP contribution in [0.1, 0.15) is 17.0 Å². The Kier molecular flexibility index (Phi) is 5.44. The van der Waals surface area contributed by atoms with Crippen molar-refractivity contribution in [2.24, 2.45) is 11.0 Å². The predicted octanol–water partition coefficient (Wildman–Crippen LogP) is 2.68. The molecule has 1 aliphatic rings. The lowest BCUT2D eigenvalue weighted by atomic mass is 9.88. The van der Waals surface area contributed by atoms with Gasteiger partial charge in [-0.2, -0.15) is 5.10 Å². The van der Waals surface area contributed by atoms with Crippen LogP contribution in [0.15, 0.2) is 47.6 Å². The van der Waals surface area contributed by atoms with Crippen molar-refractivity contribution in [3.8, 4) is 5.75 Å². The van der Waals surface area contributed by atoms with E-state index in [9.17, 15) is 14.7 Å². The van der Waals surface area contributed by atoms with Crippen molar-refractivity contribution in [3.63, 3.8) is 0 Å². The minimum Gasteiger partial charge on any atom is -0.506 e. The molecule has 1 aliphatic heterocycles. The van der Waals surface area contributed by atoms with E-state index < -0.39 is 11.8 Å². The highest BCUT2D eigenvalue weighted by Gasteiger charge is 2.40. The first-order valence-corrected chi connectivity index (χ1v) is 8.56. The number of amides is 2. The van der Waals surface area contributed by atoms with Gasteiger partial charge < -0.3 is 10.4 Å². The smallest absolute Gasteiger partial charge is 0.253 e. The number of carbonyl (C=O) groups is 2. The van der Waals surface area contributed by atoms with Crippen LogP contribution < -0.4 is 10.7 Å². The number of rotatable bonds is 4. The summed E-state index contributed by atoms with van der Waals surface area (Å²) < 4.78 is 0. The number of phenols is 1. The van der Waals surface area contributed by atoms with E-state index in [0.29, 0.717) is 11.6 Å². The van der Waals surface area contributed by atoms with E-state index in [1.54, 1.807) is 0 Å². The van der Waals surface area contributed by atoms with Gasteiger partial charge in [0.05, 0.1) is 11.2 Å². The van der Waals surface area contributed by atoms with E-state index >= 15 is 0 Å². The maximum absolute atomic E-state index is 12.4. The average molecular weight is 392 g/mol. The fourth-order valence-corrected chi connectivity index (χ4v) is 3.36. The van der Waals surface area contributed by atoms with E-state index in [2.05, 4.69) is 15.8 Å². The number of nitrogens with zero attached hydrogens (tertiary/aromatic N) is 1. The molecule has 134 valence electrons. The molecule has 0 radical (unpaired) electrons. The highest BCUT2D eigenvalue weighted by atomic mass is 35.5. The summed E-state index contributed by atoms with van der Waals surface area (Å²) in [6.07, 6.45) is 1.22. The summed E-state index contributed by atoms with van der Waals surface area (Å²) in [6.45, 7) is 0.384. The zero-order chi connectivity index (χ0) is 18.7. The molecular weight excluding hydrogens is 377 g/mol.